The molecule has 0 radical (unpaired) electrons. The second-order valence-electron chi connectivity index (χ2n) is 4.17. The van der Waals surface area contributed by atoms with E-state index >= 15 is 0 Å². The molecule has 0 N–H and O–H groups in total. The molecule has 2 saturated heterocycles. The summed E-state index contributed by atoms with van der Waals surface area (Å²) in [6, 6.07) is -1.48. The van der Waals surface area contributed by atoms with Gasteiger partial charge < -0.3 is 14.8 Å². The van der Waals surface area contributed by atoms with Crippen LogP contribution >= 0.6 is 11.6 Å². The Bertz CT molecular complexity index is 480. The first-order valence-corrected chi connectivity index (χ1v) is 6.67. The molecule has 2 heterocycles. The van der Waals surface area contributed by atoms with Crippen molar-refractivity contribution in [3.63, 3.8) is 0 Å². The maximum atomic E-state index is 12.0. The van der Waals surface area contributed by atoms with E-state index in [-0.39, 0.29) is 63.7 Å². The van der Waals surface area contributed by atoms with Crippen LogP contribution < -0.4 is 56.5 Å². The number of carboxylic acids is 1. The molecule has 2 aliphatic heterocycles. The fraction of sp³-hybridized carbons (Fsp3) is 0.750. The molecule has 6 nitrogen and oxygen atoms in total. The number of alkyl halides is 1. The Kier molecular flexibility index (Phi) is 4.42. The summed E-state index contributed by atoms with van der Waals surface area (Å²) in [4.78, 5) is 23.1. The minimum atomic E-state index is -3.75. The van der Waals surface area contributed by atoms with Crippen molar-refractivity contribution in [3.8, 4) is 0 Å². The Morgan fingerprint density at radius 3 is 2.53 bits per heavy atom. The van der Waals surface area contributed by atoms with Crippen molar-refractivity contribution < 1.29 is 74.5 Å². The van der Waals surface area contributed by atoms with Crippen molar-refractivity contribution in [1.29, 1.82) is 0 Å². The average Bonchev–Trinajstić information content (AvgIpc) is 2.32. The quantitative estimate of drug-likeness (QED) is 0.289. The van der Waals surface area contributed by atoms with Gasteiger partial charge in [0.2, 0.25) is 5.91 Å². The molecule has 0 aromatic rings. The predicted molar refractivity (Wildman–Crippen MR) is 52.1 cm³/mol. The van der Waals surface area contributed by atoms with Gasteiger partial charge in [0.05, 0.1) is 18.4 Å². The van der Waals surface area contributed by atoms with Gasteiger partial charge in [0.15, 0.2) is 9.84 Å². The number of carboxylic acid groups (broad SMARTS) is 1. The van der Waals surface area contributed by atoms with E-state index in [1.54, 1.807) is 0 Å². The molecular formula is C8H9ClKNO5S. The smallest absolute Gasteiger partial charge is 0.548 e. The number of rotatable bonds is 2. The van der Waals surface area contributed by atoms with Gasteiger partial charge in [-0.1, -0.05) is 0 Å². The summed E-state index contributed by atoms with van der Waals surface area (Å²) >= 11 is 5.57. The van der Waals surface area contributed by atoms with Crippen molar-refractivity contribution in [2.45, 2.75) is 29.5 Å². The molecule has 0 aromatic carbocycles. The molecule has 1 amide bonds. The minimum absolute atomic E-state index is 0. The number of aliphatic carboxylic acids is 1. The Morgan fingerprint density at radius 2 is 2.18 bits per heavy atom. The van der Waals surface area contributed by atoms with Gasteiger partial charge in [-0.2, -0.15) is 0 Å². The third-order valence-corrected chi connectivity index (χ3v) is 6.79. The molecule has 2 rings (SSSR count). The summed E-state index contributed by atoms with van der Waals surface area (Å²) in [6.07, 6.45) is -0.168. The standard InChI is InChI=1S/C8H10ClNO5S.K/c1-8(3-9)6(7(12)13)10-4(11)2-5(10)16(8,14)15;/h5-6H,2-3H2,1H3,(H,12,13);/q;+1/p-1/t5-,6?,8-;/m0./s1. The summed E-state index contributed by atoms with van der Waals surface area (Å²) in [5.74, 6) is -2.45. The van der Waals surface area contributed by atoms with Crippen LogP contribution in [0.3, 0.4) is 0 Å². The zero-order chi connectivity index (χ0) is 12.3. The van der Waals surface area contributed by atoms with Crippen LogP contribution in [-0.4, -0.2) is 47.2 Å². The summed E-state index contributed by atoms with van der Waals surface area (Å²) in [5, 5.41) is 9.92. The van der Waals surface area contributed by atoms with E-state index in [1.165, 1.54) is 6.92 Å². The molecule has 1 unspecified atom stereocenters. The second kappa shape index (κ2) is 4.73. The van der Waals surface area contributed by atoms with Crippen LogP contribution in [0.5, 0.6) is 0 Å². The van der Waals surface area contributed by atoms with Gasteiger partial charge >= 0.3 is 51.4 Å². The number of β-lactam (4-membered cyclic amide) rings is 1. The summed E-state index contributed by atoms with van der Waals surface area (Å²) in [5.41, 5.74) is 0. The van der Waals surface area contributed by atoms with Crippen molar-refractivity contribution in [3.05, 3.63) is 0 Å². The largest absolute Gasteiger partial charge is 1.00 e. The third kappa shape index (κ3) is 1.84. The molecular weight excluding hydrogens is 297 g/mol. The molecule has 0 aromatic heterocycles. The van der Waals surface area contributed by atoms with E-state index in [2.05, 4.69) is 0 Å². The monoisotopic (exact) mass is 305 g/mol. The van der Waals surface area contributed by atoms with Crippen LogP contribution in [0.15, 0.2) is 0 Å². The average molecular weight is 306 g/mol. The zero-order valence-electron chi connectivity index (χ0n) is 9.34. The topological polar surface area (TPSA) is 94.6 Å². The Morgan fingerprint density at radius 1 is 1.65 bits per heavy atom. The zero-order valence-corrected chi connectivity index (χ0v) is 14.0. The molecule has 0 bridgehead atoms. The molecule has 0 spiro atoms. The fourth-order valence-electron chi connectivity index (χ4n) is 2.24. The molecule has 90 valence electrons. The van der Waals surface area contributed by atoms with E-state index in [1.807, 2.05) is 0 Å². The van der Waals surface area contributed by atoms with E-state index in [0.717, 1.165) is 4.90 Å². The third-order valence-electron chi connectivity index (χ3n) is 3.30. The van der Waals surface area contributed by atoms with E-state index in [9.17, 15) is 23.1 Å². The number of halogens is 1. The van der Waals surface area contributed by atoms with Crippen molar-refractivity contribution in [1.82, 2.24) is 4.90 Å². The Hall–Kier alpha value is 0.816. The second-order valence-corrected chi connectivity index (χ2v) is 7.01. The molecule has 0 aliphatic carbocycles. The molecule has 3 atom stereocenters. The number of carbonyl (C=O) groups is 2. The van der Waals surface area contributed by atoms with Crippen LogP contribution in [0.2, 0.25) is 0 Å². The number of carbonyl (C=O) groups excluding carboxylic acids is 2. The predicted octanol–water partition coefficient (Wildman–Crippen LogP) is -4.91. The molecule has 9 heteroatoms. The maximum absolute atomic E-state index is 12.0. The summed E-state index contributed by atoms with van der Waals surface area (Å²) in [7, 11) is -3.75. The Balaban J connectivity index is 0.00000144. The molecule has 17 heavy (non-hydrogen) atoms. The normalized spacial score (nSPS) is 38.0. The first kappa shape index (κ1) is 15.9. The summed E-state index contributed by atoms with van der Waals surface area (Å²) < 4.78 is 22.3. The van der Waals surface area contributed by atoms with Gasteiger partial charge in [-0.15, -0.1) is 11.6 Å². The van der Waals surface area contributed by atoms with E-state index < -0.39 is 37.9 Å². The molecule has 0 saturated carbocycles. The van der Waals surface area contributed by atoms with E-state index in [4.69, 9.17) is 11.6 Å². The van der Waals surface area contributed by atoms with Crippen LogP contribution in [0, 0.1) is 0 Å². The fourth-order valence-corrected chi connectivity index (χ4v) is 5.04. The Labute approximate surface area is 146 Å². The SMILES string of the molecule is C[C@]1(CCl)C(C(=O)[O-])N2C(=O)C[C@@H]2S1(=O)=O.[K+]. The maximum Gasteiger partial charge on any atom is 1.00 e. The number of fused-ring (bicyclic) bond motifs is 1. The molecule has 2 aliphatic rings. The summed E-state index contributed by atoms with van der Waals surface area (Å²) in [6.45, 7) is 1.24. The van der Waals surface area contributed by atoms with Crippen LogP contribution in [0.25, 0.3) is 0 Å². The van der Waals surface area contributed by atoms with Crippen LogP contribution in [0.4, 0.5) is 0 Å². The first-order chi connectivity index (χ1) is 7.27. The van der Waals surface area contributed by atoms with Crippen molar-refractivity contribution >= 4 is 33.3 Å². The minimum Gasteiger partial charge on any atom is -0.548 e. The van der Waals surface area contributed by atoms with Gasteiger partial charge in [0.1, 0.15) is 10.1 Å². The van der Waals surface area contributed by atoms with Crippen molar-refractivity contribution in [2.24, 2.45) is 0 Å². The van der Waals surface area contributed by atoms with Gasteiger partial charge in [0, 0.05) is 5.88 Å². The number of hydrogen-bond donors (Lipinski definition) is 0. The van der Waals surface area contributed by atoms with Crippen LogP contribution in [0.1, 0.15) is 13.3 Å². The first-order valence-electron chi connectivity index (χ1n) is 4.59. The van der Waals surface area contributed by atoms with Gasteiger partial charge in [-0.3, -0.25) is 4.79 Å². The number of sulfone groups is 1. The van der Waals surface area contributed by atoms with Crippen LogP contribution in [-0.2, 0) is 19.4 Å². The van der Waals surface area contributed by atoms with Crippen molar-refractivity contribution in [2.75, 3.05) is 5.88 Å². The number of hydrogen-bond acceptors (Lipinski definition) is 5. The molecule has 2 fully saturated rings. The number of nitrogens with zero attached hydrogens (tertiary/aromatic N) is 1. The van der Waals surface area contributed by atoms with Gasteiger partial charge in [-0.05, 0) is 6.92 Å². The number of amides is 1. The van der Waals surface area contributed by atoms with E-state index in [0.29, 0.717) is 0 Å². The van der Waals surface area contributed by atoms with Gasteiger partial charge in [-0.25, -0.2) is 8.42 Å². The van der Waals surface area contributed by atoms with Gasteiger partial charge in [0.25, 0.3) is 0 Å².